The molecule has 0 spiro atoms. The summed E-state index contributed by atoms with van der Waals surface area (Å²) in [5.41, 5.74) is 8.81. The molecule has 3 rings (SSSR count). The van der Waals surface area contributed by atoms with Gasteiger partial charge in [0.2, 0.25) is 0 Å². The van der Waals surface area contributed by atoms with Crippen LogP contribution in [0.5, 0.6) is 0 Å². The number of carboxylic acids is 1. The lowest BCUT2D eigenvalue weighted by molar-refractivity contribution is -0.136. The molecule has 4 N–H and O–H groups in total. The fraction of sp³-hybridized carbons (Fsp3) is 0.0909. The van der Waals surface area contributed by atoms with Gasteiger partial charge in [-0.25, -0.2) is 4.39 Å². The second-order valence-electron chi connectivity index (χ2n) is 6.42. The van der Waals surface area contributed by atoms with Gasteiger partial charge in [-0.3, -0.25) is 9.59 Å². The van der Waals surface area contributed by atoms with Crippen molar-refractivity contribution in [2.24, 2.45) is 5.73 Å². The molecule has 0 aliphatic carbocycles. The summed E-state index contributed by atoms with van der Waals surface area (Å²) in [5.74, 6) is -1.80. The Labute approximate surface area is 175 Å². The second kappa shape index (κ2) is 8.98. The third-order valence-corrected chi connectivity index (χ3v) is 5.09. The van der Waals surface area contributed by atoms with Gasteiger partial charge in [-0.1, -0.05) is 34.1 Å². The van der Waals surface area contributed by atoms with Crippen LogP contribution in [0.3, 0.4) is 0 Å². The van der Waals surface area contributed by atoms with E-state index in [1.165, 1.54) is 12.1 Å². The van der Waals surface area contributed by atoms with Crippen LogP contribution in [-0.2, 0) is 17.8 Å². The lowest BCUT2D eigenvalue weighted by Crippen LogP contribution is -2.15. The monoisotopic (exact) mass is 456 g/mol. The van der Waals surface area contributed by atoms with Crippen molar-refractivity contribution in [1.29, 1.82) is 0 Å². The number of hydrogen-bond acceptors (Lipinski definition) is 3. The topological polar surface area (TPSA) is 92.4 Å². The molecule has 0 radical (unpaired) electrons. The van der Waals surface area contributed by atoms with Crippen molar-refractivity contribution >= 4 is 33.5 Å². The van der Waals surface area contributed by atoms with E-state index in [0.717, 1.165) is 0 Å². The summed E-state index contributed by atoms with van der Waals surface area (Å²) in [5, 5.41) is 11.9. The van der Waals surface area contributed by atoms with Gasteiger partial charge >= 0.3 is 5.97 Å². The third-order valence-electron chi connectivity index (χ3n) is 4.35. The minimum absolute atomic E-state index is 0.209. The van der Waals surface area contributed by atoms with E-state index in [4.69, 9.17) is 10.8 Å². The molecule has 3 aromatic carbocycles. The molecule has 3 aromatic rings. The van der Waals surface area contributed by atoms with Crippen molar-refractivity contribution < 1.29 is 19.1 Å². The maximum Gasteiger partial charge on any atom is 0.307 e. The van der Waals surface area contributed by atoms with Crippen molar-refractivity contribution in [2.45, 2.75) is 13.0 Å². The second-order valence-corrected chi connectivity index (χ2v) is 7.28. The quantitative estimate of drug-likeness (QED) is 0.505. The molecular weight excluding hydrogens is 439 g/mol. The zero-order chi connectivity index (χ0) is 21.0. The summed E-state index contributed by atoms with van der Waals surface area (Å²) < 4.78 is 14.4. The Kier molecular flexibility index (Phi) is 6.41. The lowest BCUT2D eigenvalue weighted by Gasteiger charge is -2.12. The average molecular weight is 457 g/mol. The number of amides is 1. The zero-order valence-electron chi connectivity index (χ0n) is 15.3. The molecule has 7 heteroatoms. The minimum atomic E-state index is -1.00. The number of rotatable bonds is 6. The molecule has 0 aliphatic rings. The van der Waals surface area contributed by atoms with Crippen LogP contribution in [0.15, 0.2) is 65.1 Å². The molecule has 0 aliphatic heterocycles. The maximum atomic E-state index is 13.8. The highest BCUT2D eigenvalue weighted by Gasteiger charge is 2.14. The third kappa shape index (κ3) is 5.07. The number of halogens is 2. The van der Waals surface area contributed by atoms with Gasteiger partial charge in [0.25, 0.3) is 5.91 Å². The Bertz CT molecular complexity index is 1090. The minimum Gasteiger partial charge on any atom is -0.481 e. The summed E-state index contributed by atoms with van der Waals surface area (Å²) in [6.45, 7) is 0.209. The Hall–Kier alpha value is -3.03. The molecule has 0 saturated heterocycles. The fourth-order valence-electron chi connectivity index (χ4n) is 2.98. The van der Waals surface area contributed by atoms with Crippen molar-refractivity contribution in [3.8, 4) is 11.1 Å². The molecule has 0 aromatic heterocycles. The van der Waals surface area contributed by atoms with Crippen LogP contribution in [0.1, 0.15) is 21.5 Å². The summed E-state index contributed by atoms with van der Waals surface area (Å²) in [6.07, 6.45) is -0.234. The maximum absolute atomic E-state index is 13.8. The molecule has 148 valence electrons. The number of hydrogen-bond donors (Lipinski definition) is 3. The molecule has 0 fully saturated rings. The molecule has 0 unspecified atom stereocenters. The zero-order valence-corrected chi connectivity index (χ0v) is 16.9. The Balaban J connectivity index is 1.91. The first-order valence-corrected chi connectivity index (χ1v) is 9.57. The van der Waals surface area contributed by atoms with Crippen LogP contribution in [0.4, 0.5) is 10.1 Å². The summed E-state index contributed by atoms with van der Waals surface area (Å²) in [7, 11) is 0. The van der Waals surface area contributed by atoms with E-state index in [-0.39, 0.29) is 13.0 Å². The summed E-state index contributed by atoms with van der Waals surface area (Å²) in [4.78, 5) is 23.9. The first-order chi connectivity index (χ1) is 13.9. The highest BCUT2D eigenvalue weighted by molar-refractivity contribution is 9.10. The van der Waals surface area contributed by atoms with Crippen LogP contribution in [0.2, 0.25) is 0 Å². The molecule has 0 heterocycles. The number of anilines is 1. The smallest absolute Gasteiger partial charge is 0.307 e. The first-order valence-electron chi connectivity index (χ1n) is 8.78. The molecule has 1 amide bonds. The largest absolute Gasteiger partial charge is 0.481 e. The van der Waals surface area contributed by atoms with Gasteiger partial charge in [0.1, 0.15) is 5.82 Å². The highest BCUT2D eigenvalue weighted by Crippen LogP contribution is 2.27. The van der Waals surface area contributed by atoms with Crippen molar-refractivity contribution in [2.75, 3.05) is 5.32 Å². The lowest BCUT2D eigenvalue weighted by atomic mass is 10.0. The number of aliphatic carboxylic acids is 1. The van der Waals surface area contributed by atoms with Crippen LogP contribution in [-0.4, -0.2) is 17.0 Å². The molecule has 0 bridgehead atoms. The molecular formula is C22H18BrFN2O3. The van der Waals surface area contributed by atoms with Gasteiger partial charge in [0.05, 0.1) is 6.42 Å². The van der Waals surface area contributed by atoms with Crippen LogP contribution >= 0.6 is 15.9 Å². The molecule has 0 saturated carbocycles. The Morgan fingerprint density at radius 2 is 1.79 bits per heavy atom. The van der Waals surface area contributed by atoms with E-state index in [2.05, 4.69) is 21.2 Å². The van der Waals surface area contributed by atoms with Gasteiger partial charge in [0, 0.05) is 27.8 Å². The van der Waals surface area contributed by atoms with Crippen LogP contribution in [0.25, 0.3) is 11.1 Å². The van der Waals surface area contributed by atoms with Crippen molar-refractivity contribution in [3.63, 3.8) is 0 Å². The molecule has 0 atom stereocenters. The van der Waals surface area contributed by atoms with E-state index >= 15 is 0 Å². The van der Waals surface area contributed by atoms with E-state index in [1.807, 2.05) is 0 Å². The fourth-order valence-corrected chi connectivity index (χ4v) is 3.48. The number of nitrogens with two attached hydrogens (primary N) is 1. The first kappa shape index (κ1) is 20.7. The predicted octanol–water partition coefficient (Wildman–Crippen LogP) is 4.59. The number of carbonyl (C=O) groups is 2. The van der Waals surface area contributed by atoms with Crippen molar-refractivity contribution in [3.05, 3.63) is 87.6 Å². The van der Waals surface area contributed by atoms with Gasteiger partial charge in [-0.05, 0) is 59.2 Å². The summed E-state index contributed by atoms with van der Waals surface area (Å²) in [6, 6.07) is 16.4. The Morgan fingerprint density at radius 1 is 1.03 bits per heavy atom. The van der Waals surface area contributed by atoms with Gasteiger partial charge in [-0.15, -0.1) is 0 Å². The van der Waals surface area contributed by atoms with E-state index in [1.54, 1.807) is 48.5 Å². The standard InChI is InChI=1S/C22H18BrFN2O3/c23-19-5-2-6-20(18(19)11-21(27)28)26-22(29)15-4-1-3-14(9-15)16-7-13(12-25)8-17(24)10-16/h1-10H,11-12,25H2,(H,26,29)(H,27,28). The van der Waals surface area contributed by atoms with Crippen molar-refractivity contribution in [1.82, 2.24) is 0 Å². The van der Waals surface area contributed by atoms with Gasteiger partial charge in [0.15, 0.2) is 0 Å². The van der Waals surface area contributed by atoms with Gasteiger partial charge in [-0.2, -0.15) is 0 Å². The van der Waals surface area contributed by atoms with E-state index in [0.29, 0.717) is 38.0 Å². The average Bonchev–Trinajstić information content (AvgIpc) is 2.70. The van der Waals surface area contributed by atoms with Crippen LogP contribution < -0.4 is 11.1 Å². The normalized spacial score (nSPS) is 10.6. The van der Waals surface area contributed by atoms with Crippen LogP contribution in [0, 0.1) is 5.82 Å². The van der Waals surface area contributed by atoms with E-state index in [9.17, 15) is 14.0 Å². The molecule has 29 heavy (non-hydrogen) atoms. The Morgan fingerprint density at radius 3 is 2.52 bits per heavy atom. The highest BCUT2D eigenvalue weighted by atomic mass is 79.9. The predicted molar refractivity (Wildman–Crippen MR) is 113 cm³/mol. The van der Waals surface area contributed by atoms with E-state index < -0.39 is 17.7 Å². The SMILES string of the molecule is NCc1cc(F)cc(-c2cccc(C(=O)Nc3cccc(Br)c3CC(=O)O)c2)c1. The van der Waals surface area contributed by atoms with Gasteiger partial charge < -0.3 is 16.2 Å². The summed E-state index contributed by atoms with van der Waals surface area (Å²) >= 11 is 3.32. The number of nitrogens with one attached hydrogen (secondary N) is 1. The molecule has 5 nitrogen and oxygen atoms in total. The number of carbonyl (C=O) groups excluding carboxylic acids is 1. The number of carboxylic acid groups (broad SMARTS) is 1. The number of benzene rings is 3.